The van der Waals surface area contributed by atoms with Gasteiger partial charge in [-0.3, -0.25) is 4.98 Å². The van der Waals surface area contributed by atoms with E-state index in [1.807, 2.05) is 0 Å². The van der Waals surface area contributed by atoms with Crippen LogP contribution >= 0.6 is 0 Å². The number of halogens is 4. The standard InChI is InChI=1S/C22H10F4N4O/c23-14-4-12(5-15(24)8-14)18-19(11-2-1-3-27-10-11)28-20(22-21(18)29-31-30-22)13-6-16(25)9-17(26)7-13/h1-10H. The molecule has 0 fully saturated rings. The van der Waals surface area contributed by atoms with Crippen LogP contribution in [0.15, 0.2) is 65.6 Å². The molecule has 5 aromatic rings. The second-order valence-corrected chi connectivity index (χ2v) is 6.70. The van der Waals surface area contributed by atoms with E-state index >= 15 is 0 Å². The van der Waals surface area contributed by atoms with Crippen molar-refractivity contribution in [2.45, 2.75) is 0 Å². The van der Waals surface area contributed by atoms with Crippen molar-refractivity contribution in [2.75, 3.05) is 0 Å². The van der Waals surface area contributed by atoms with E-state index in [9.17, 15) is 17.6 Å². The molecule has 9 heteroatoms. The van der Waals surface area contributed by atoms with Gasteiger partial charge < -0.3 is 0 Å². The van der Waals surface area contributed by atoms with Crippen molar-refractivity contribution in [3.05, 3.63) is 84.2 Å². The van der Waals surface area contributed by atoms with Crippen LogP contribution in [-0.2, 0) is 0 Å². The monoisotopic (exact) mass is 422 g/mol. The second-order valence-electron chi connectivity index (χ2n) is 6.70. The number of rotatable bonds is 3. The largest absolute Gasteiger partial charge is 0.264 e. The Kier molecular flexibility index (Phi) is 4.43. The first-order chi connectivity index (χ1) is 15.0. The molecule has 0 saturated heterocycles. The maximum atomic E-state index is 14.0. The molecule has 0 amide bonds. The molecule has 0 unspecified atom stereocenters. The van der Waals surface area contributed by atoms with Crippen LogP contribution in [0.4, 0.5) is 17.6 Å². The molecule has 3 aromatic heterocycles. The molecule has 3 heterocycles. The molecule has 5 rings (SSSR count). The van der Waals surface area contributed by atoms with Crippen LogP contribution in [-0.4, -0.2) is 20.3 Å². The van der Waals surface area contributed by atoms with Crippen LogP contribution in [0.5, 0.6) is 0 Å². The summed E-state index contributed by atoms with van der Waals surface area (Å²) >= 11 is 0. The average Bonchev–Trinajstić information content (AvgIpc) is 3.21. The lowest BCUT2D eigenvalue weighted by Gasteiger charge is -2.13. The van der Waals surface area contributed by atoms with E-state index in [0.29, 0.717) is 5.56 Å². The minimum Gasteiger partial charge on any atom is -0.264 e. The predicted octanol–water partition coefficient (Wildman–Crippen LogP) is 5.57. The number of nitrogens with zero attached hydrogens (tertiary/aromatic N) is 4. The van der Waals surface area contributed by atoms with Gasteiger partial charge in [0, 0.05) is 41.2 Å². The summed E-state index contributed by atoms with van der Waals surface area (Å²) in [4.78, 5) is 8.61. The lowest BCUT2D eigenvalue weighted by Crippen LogP contribution is -1.98. The third kappa shape index (κ3) is 3.39. The lowest BCUT2D eigenvalue weighted by molar-refractivity contribution is 0.315. The van der Waals surface area contributed by atoms with Crippen molar-refractivity contribution >= 4 is 11.0 Å². The first kappa shape index (κ1) is 18.9. The molecular formula is C22H10F4N4O. The first-order valence-corrected chi connectivity index (χ1v) is 8.99. The van der Waals surface area contributed by atoms with Gasteiger partial charge in [0.25, 0.3) is 0 Å². The fourth-order valence-electron chi connectivity index (χ4n) is 3.42. The van der Waals surface area contributed by atoms with E-state index in [1.54, 1.807) is 18.3 Å². The molecular weight excluding hydrogens is 412 g/mol. The summed E-state index contributed by atoms with van der Waals surface area (Å²) in [6.45, 7) is 0. The van der Waals surface area contributed by atoms with Gasteiger partial charge in [0.1, 0.15) is 34.5 Å². The van der Waals surface area contributed by atoms with Gasteiger partial charge in [0.15, 0.2) is 5.52 Å². The van der Waals surface area contributed by atoms with Crippen LogP contribution in [0.1, 0.15) is 0 Å². The van der Waals surface area contributed by atoms with E-state index in [-0.39, 0.29) is 39.1 Å². The van der Waals surface area contributed by atoms with Crippen molar-refractivity contribution in [3.8, 4) is 33.6 Å². The highest BCUT2D eigenvalue weighted by Gasteiger charge is 2.23. The maximum absolute atomic E-state index is 14.0. The van der Waals surface area contributed by atoms with Crippen LogP contribution in [0.2, 0.25) is 0 Å². The Morgan fingerprint density at radius 3 is 1.87 bits per heavy atom. The molecule has 0 aliphatic heterocycles. The summed E-state index contributed by atoms with van der Waals surface area (Å²) in [5.74, 6) is -3.21. The molecule has 0 aliphatic carbocycles. The molecule has 0 N–H and O–H groups in total. The van der Waals surface area contributed by atoms with Crippen molar-refractivity contribution in [1.82, 2.24) is 20.3 Å². The topological polar surface area (TPSA) is 64.7 Å². The summed E-state index contributed by atoms with van der Waals surface area (Å²) in [7, 11) is 0. The fraction of sp³-hybridized carbons (Fsp3) is 0. The van der Waals surface area contributed by atoms with Gasteiger partial charge in [0.05, 0.1) is 5.69 Å². The molecule has 0 spiro atoms. The second kappa shape index (κ2) is 7.28. The first-order valence-electron chi connectivity index (χ1n) is 8.99. The van der Waals surface area contributed by atoms with Crippen molar-refractivity contribution in [3.63, 3.8) is 0 Å². The van der Waals surface area contributed by atoms with Crippen molar-refractivity contribution in [1.29, 1.82) is 0 Å². The summed E-state index contributed by atoms with van der Waals surface area (Å²) in [5.41, 5.74) is 1.50. The highest BCUT2D eigenvalue weighted by Crippen LogP contribution is 2.39. The third-order valence-electron chi connectivity index (χ3n) is 4.63. The zero-order valence-electron chi connectivity index (χ0n) is 15.5. The van der Waals surface area contributed by atoms with E-state index in [0.717, 1.165) is 36.4 Å². The average molecular weight is 422 g/mol. The van der Waals surface area contributed by atoms with E-state index in [1.165, 1.54) is 6.20 Å². The smallest absolute Gasteiger partial charge is 0.162 e. The Morgan fingerprint density at radius 1 is 0.645 bits per heavy atom. The number of hydrogen-bond donors (Lipinski definition) is 0. The Balaban J connectivity index is 1.90. The molecule has 5 nitrogen and oxygen atoms in total. The van der Waals surface area contributed by atoms with Crippen molar-refractivity contribution < 1.29 is 22.2 Å². The molecule has 0 radical (unpaired) electrons. The van der Waals surface area contributed by atoms with Gasteiger partial charge in [-0.2, -0.15) is 0 Å². The van der Waals surface area contributed by atoms with Crippen molar-refractivity contribution in [2.24, 2.45) is 0 Å². The molecule has 0 bridgehead atoms. The van der Waals surface area contributed by atoms with E-state index < -0.39 is 23.3 Å². The predicted molar refractivity (Wildman–Crippen MR) is 104 cm³/mol. The van der Waals surface area contributed by atoms with E-state index in [4.69, 9.17) is 4.63 Å². The van der Waals surface area contributed by atoms with Crippen LogP contribution < -0.4 is 0 Å². The number of aromatic nitrogens is 4. The SMILES string of the molecule is Fc1cc(F)cc(-c2nc(-c3cccnc3)c(-c3cc(F)cc(F)c3)c3nonc23)c1. The van der Waals surface area contributed by atoms with Gasteiger partial charge in [-0.15, -0.1) is 0 Å². The summed E-state index contributed by atoms with van der Waals surface area (Å²) < 4.78 is 60.6. The Morgan fingerprint density at radius 2 is 1.26 bits per heavy atom. The van der Waals surface area contributed by atoms with E-state index in [2.05, 4.69) is 20.3 Å². The normalized spacial score (nSPS) is 11.2. The highest BCUT2D eigenvalue weighted by molar-refractivity contribution is 6.03. The number of fused-ring (bicyclic) bond motifs is 1. The van der Waals surface area contributed by atoms with Gasteiger partial charge in [-0.25, -0.2) is 27.2 Å². The molecule has 31 heavy (non-hydrogen) atoms. The quantitative estimate of drug-likeness (QED) is 0.356. The van der Waals surface area contributed by atoms with Crippen LogP contribution in [0.25, 0.3) is 44.7 Å². The zero-order chi connectivity index (χ0) is 21.5. The molecule has 0 aliphatic rings. The van der Waals surface area contributed by atoms with Crippen LogP contribution in [0.3, 0.4) is 0 Å². The number of pyridine rings is 2. The zero-order valence-corrected chi connectivity index (χ0v) is 15.5. The van der Waals surface area contributed by atoms with Crippen LogP contribution in [0, 0.1) is 23.3 Å². The van der Waals surface area contributed by atoms with Gasteiger partial charge >= 0.3 is 0 Å². The molecule has 0 saturated carbocycles. The number of hydrogen-bond acceptors (Lipinski definition) is 5. The summed E-state index contributed by atoms with van der Waals surface area (Å²) in [6, 6.07) is 9.23. The van der Waals surface area contributed by atoms with Gasteiger partial charge in [-0.05, 0) is 52.3 Å². The Labute approximate surface area is 172 Å². The summed E-state index contributed by atoms with van der Waals surface area (Å²) in [5, 5.41) is 7.72. The minimum atomic E-state index is -0.805. The Bertz CT molecular complexity index is 1400. The minimum absolute atomic E-state index is 0.0808. The third-order valence-corrected chi connectivity index (χ3v) is 4.63. The van der Waals surface area contributed by atoms with Gasteiger partial charge in [-0.1, -0.05) is 0 Å². The summed E-state index contributed by atoms with van der Waals surface area (Å²) in [6.07, 6.45) is 3.04. The van der Waals surface area contributed by atoms with Gasteiger partial charge in [0.2, 0.25) is 0 Å². The number of benzene rings is 2. The lowest BCUT2D eigenvalue weighted by atomic mass is 9.96. The Hall–Kier alpha value is -4.14. The molecule has 0 atom stereocenters. The molecule has 152 valence electrons. The fourth-order valence-corrected chi connectivity index (χ4v) is 3.42. The highest BCUT2D eigenvalue weighted by atomic mass is 19.1. The maximum Gasteiger partial charge on any atom is 0.162 e. The molecule has 2 aromatic carbocycles.